The second kappa shape index (κ2) is 7.00. The van der Waals surface area contributed by atoms with Crippen LogP contribution in [0.25, 0.3) is 0 Å². The molecule has 1 N–H and O–H groups in total. The van der Waals surface area contributed by atoms with Gasteiger partial charge in [0, 0.05) is 24.2 Å². The number of pyridine rings is 1. The largest absolute Gasteiger partial charge is 0.310 e. The maximum atomic E-state index is 12.5. The van der Waals surface area contributed by atoms with Crippen LogP contribution in [0.1, 0.15) is 23.3 Å². The van der Waals surface area contributed by atoms with E-state index in [-0.39, 0.29) is 12.3 Å². The molecule has 6 nitrogen and oxygen atoms in total. The lowest BCUT2D eigenvalue weighted by atomic mass is 10.3. The van der Waals surface area contributed by atoms with E-state index >= 15 is 0 Å². The Kier molecular flexibility index (Phi) is 4.98. The average molecular weight is 365 g/mol. The summed E-state index contributed by atoms with van der Waals surface area (Å²) in [5.41, 5.74) is 1.01. The number of thiophene rings is 1. The first kappa shape index (κ1) is 17.1. The smallest absolute Gasteiger partial charge is 0.252 e. The van der Waals surface area contributed by atoms with Gasteiger partial charge in [0.1, 0.15) is 10.0 Å². The summed E-state index contributed by atoms with van der Waals surface area (Å²) in [4.78, 5) is 16.9. The van der Waals surface area contributed by atoms with E-state index in [1.165, 1.54) is 4.31 Å². The molecule has 0 radical (unpaired) electrons. The predicted octanol–water partition coefficient (Wildman–Crippen LogP) is 2.42. The van der Waals surface area contributed by atoms with Gasteiger partial charge in [0.05, 0.1) is 6.42 Å². The van der Waals surface area contributed by atoms with Gasteiger partial charge >= 0.3 is 0 Å². The third kappa shape index (κ3) is 3.82. The van der Waals surface area contributed by atoms with E-state index in [0.29, 0.717) is 23.1 Å². The number of sulfonamides is 1. The fourth-order valence-corrected chi connectivity index (χ4v) is 5.62. The average Bonchev–Trinajstić information content (AvgIpc) is 3.18. The Morgan fingerprint density at radius 3 is 2.75 bits per heavy atom. The highest BCUT2D eigenvalue weighted by Crippen LogP contribution is 2.27. The predicted molar refractivity (Wildman–Crippen MR) is 93.6 cm³/mol. The lowest BCUT2D eigenvalue weighted by Crippen LogP contribution is -2.27. The molecule has 1 aliphatic heterocycles. The summed E-state index contributed by atoms with van der Waals surface area (Å²) in [5.74, 6) is 0.293. The van der Waals surface area contributed by atoms with E-state index in [9.17, 15) is 13.2 Å². The molecule has 0 spiro atoms. The van der Waals surface area contributed by atoms with Gasteiger partial charge < -0.3 is 5.32 Å². The van der Waals surface area contributed by atoms with Crippen LogP contribution in [-0.2, 0) is 21.2 Å². The third-order valence-corrected chi connectivity index (χ3v) is 7.27. The Balaban J connectivity index is 1.66. The maximum absolute atomic E-state index is 12.5. The van der Waals surface area contributed by atoms with E-state index in [0.717, 1.165) is 34.6 Å². The van der Waals surface area contributed by atoms with Crippen LogP contribution in [-0.4, -0.2) is 36.7 Å². The number of nitrogens with zero attached hydrogens (tertiary/aromatic N) is 2. The van der Waals surface area contributed by atoms with Gasteiger partial charge in [0.15, 0.2) is 0 Å². The van der Waals surface area contributed by atoms with Crippen LogP contribution < -0.4 is 5.32 Å². The first-order valence-corrected chi connectivity index (χ1v) is 10.0. The van der Waals surface area contributed by atoms with Crippen LogP contribution in [0.2, 0.25) is 0 Å². The van der Waals surface area contributed by atoms with Gasteiger partial charge in [-0.3, -0.25) is 4.79 Å². The normalized spacial score (nSPS) is 15.5. The van der Waals surface area contributed by atoms with Crippen LogP contribution in [0.5, 0.6) is 0 Å². The maximum Gasteiger partial charge on any atom is 0.252 e. The molecule has 0 aliphatic carbocycles. The van der Waals surface area contributed by atoms with Gasteiger partial charge in [-0.2, -0.15) is 4.31 Å². The topological polar surface area (TPSA) is 79.4 Å². The summed E-state index contributed by atoms with van der Waals surface area (Å²) in [6.45, 7) is 3.08. The monoisotopic (exact) mass is 365 g/mol. The van der Waals surface area contributed by atoms with Crippen LogP contribution in [0.4, 0.5) is 5.82 Å². The van der Waals surface area contributed by atoms with E-state index < -0.39 is 10.0 Å². The van der Waals surface area contributed by atoms with Crippen molar-refractivity contribution in [3.63, 3.8) is 0 Å². The van der Waals surface area contributed by atoms with Crippen molar-refractivity contribution in [1.82, 2.24) is 9.29 Å². The molecule has 0 atom stereocenters. The van der Waals surface area contributed by atoms with Gasteiger partial charge in [0.25, 0.3) is 10.0 Å². The Labute approximate surface area is 145 Å². The zero-order valence-electron chi connectivity index (χ0n) is 13.4. The van der Waals surface area contributed by atoms with E-state index in [2.05, 4.69) is 10.3 Å². The first-order chi connectivity index (χ1) is 11.4. The van der Waals surface area contributed by atoms with Crippen LogP contribution >= 0.6 is 11.3 Å². The van der Waals surface area contributed by atoms with Crippen molar-refractivity contribution in [3.8, 4) is 0 Å². The quantitative estimate of drug-likeness (QED) is 0.882. The Hall–Kier alpha value is -1.77. The summed E-state index contributed by atoms with van der Waals surface area (Å²) in [6.07, 6.45) is 3.58. The minimum Gasteiger partial charge on any atom is -0.310 e. The number of rotatable bonds is 5. The molecule has 0 bridgehead atoms. The highest BCUT2D eigenvalue weighted by molar-refractivity contribution is 7.91. The number of carbonyl (C=O) groups is 1. The lowest BCUT2D eigenvalue weighted by Gasteiger charge is -2.13. The highest BCUT2D eigenvalue weighted by Gasteiger charge is 2.28. The zero-order chi connectivity index (χ0) is 17.2. The van der Waals surface area contributed by atoms with Crippen molar-refractivity contribution < 1.29 is 13.2 Å². The molecule has 24 heavy (non-hydrogen) atoms. The van der Waals surface area contributed by atoms with Crippen LogP contribution in [0.15, 0.2) is 34.7 Å². The molecular weight excluding hydrogens is 346 g/mol. The second-order valence-electron chi connectivity index (χ2n) is 5.78. The highest BCUT2D eigenvalue weighted by atomic mass is 32.2. The summed E-state index contributed by atoms with van der Waals surface area (Å²) in [5, 5.41) is 2.73. The molecule has 2 aromatic rings. The number of nitrogens with one attached hydrogen (secondary N) is 1. The molecule has 0 unspecified atom stereocenters. The molecule has 2 aromatic heterocycles. The number of hydrogen-bond acceptors (Lipinski definition) is 5. The number of anilines is 1. The zero-order valence-corrected chi connectivity index (χ0v) is 15.0. The Morgan fingerprint density at radius 2 is 2.04 bits per heavy atom. The van der Waals surface area contributed by atoms with Crippen molar-refractivity contribution >= 4 is 33.1 Å². The van der Waals surface area contributed by atoms with Gasteiger partial charge in [0.2, 0.25) is 5.91 Å². The van der Waals surface area contributed by atoms with E-state index in [4.69, 9.17) is 0 Å². The fraction of sp³-hybridized carbons (Fsp3) is 0.375. The van der Waals surface area contributed by atoms with Gasteiger partial charge in [-0.1, -0.05) is 0 Å². The lowest BCUT2D eigenvalue weighted by molar-refractivity contribution is -0.115. The van der Waals surface area contributed by atoms with Crippen molar-refractivity contribution in [2.24, 2.45) is 0 Å². The standard InChI is InChI=1S/C16H19N3O3S2/c1-12-6-7-17-14(10-12)18-15(20)11-13-4-5-16(23-13)24(21,22)19-8-2-3-9-19/h4-7,10H,2-3,8-9,11H2,1H3,(H,17,18,20). The Morgan fingerprint density at radius 1 is 1.29 bits per heavy atom. The summed E-state index contributed by atoms with van der Waals surface area (Å²) in [7, 11) is -3.41. The number of hydrogen-bond donors (Lipinski definition) is 1. The van der Waals surface area contributed by atoms with Crippen LogP contribution in [0, 0.1) is 6.92 Å². The molecule has 0 aromatic carbocycles. The molecule has 8 heteroatoms. The minimum atomic E-state index is -3.41. The number of aryl methyl sites for hydroxylation is 1. The molecule has 0 saturated carbocycles. The molecule has 1 saturated heterocycles. The number of aromatic nitrogens is 1. The van der Waals surface area contributed by atoms with E-state index in [1.807, 2.05) is 13.0 Å². The second-order valence-corrected chi connectivity index (χ2v) is 9.11. The molecule has 3 rings (SSSR count). The minimum absolute atomic E-state index is 0.135. The van der Waals surface area contributed by atoms with Gasteiger partial charge in [-0.15, -0.1) is 11.3 Å². The molecule has 1 aliphatic rings. The third-order valence-electron chi connectivity index (χ3n) is 3.81. The summed E-state index contributed by atoms with van der Waals surface area (Å²) < 4.78 is 26.8. The van der Waals surface area contributed by atoms with Crippen molar-refractivity contribution in [2.45, 2.75) is 30.4 Å². The molecular formula is C16H19N3O3S2. The van der Waals surface area contributed by atoms with Crippen molar-refractivity contribution in [3.05, 3.63) is 40.9 Å². The fourth-order valence-electron chi connectivity index (χ4n) is 2.60. The number of amides is 1. The summed E-state index contributed by atoms with van der Waals surface area (Å²) >= 11 is 1.16. The first-order valence-electron chi connectivity index (χ1n) is 7.76. The van der Waals surface area contributed by atoms with Crippen molar-refractivity contribution in [1.29, 1.82) is 0 Å². The summed E-state index contributed by atoms with van der Waals surface area (Å²) in [6, 6.07) is 6.93. The Bertz CT molecular complexity index is 840. The molecule has 128 valence electrons. The van der Waals surface area contributed by atoms with Gasteiger partial charge in [-0.25, -0.2) is 13.4 Å². The van der Waals surface area contributed by atoms with E-state index in [1.54, 1.807) is 24.4 Å². The van der Waals surface area contributed by atoms with Gasteiger partial charge in [-0.05, 0) is 49.6 Å². The van der Waals surface area contributed by atoms with Crippen LogP contribution in [0.3, 0.4) is 0 Å². The molecule has 1 amide bonds. The molecule has 1 fully saturated rings. The number of carbonyl (C=O) groups excluding carboxylic acids is 1. The SMILES string of the molecule is Cc1ccnc(NC(=O)Cc2ccc(S(=O)(=O)N3CCCC3)s2)c1. The molecule has 3 heterocycles. The van der Waals surface area contributed by atoms with Crippen molar-refractivity contribution in [2.75, 3.05) is 18.4 Å².